The second-order valence-corrected chi connectivity index (χ2v) is 22.0. The number of sulfonamides is 3. The molecule has 3 N–H and O–H groups in total. The lowest BCUT2D eigenvalue weighted by atomic mass is 10.2. The minimum Gasteiger partial charge on any atom is -0.382 e. The summed E-state index contributed by atoms with van der Waals surface area (Å²) in [6, 6.07) is 7.66. The zero-order valence-corrected chi connectivity index (χ0v) is 38.5. The van der Waals surface area contributed by atoms with E-state index in [9.17, 15) is 64.0 Å². The first-order valence-electron chi connectivity index (χ1n) is 16.1. The summed E-state index contributed by atoms with van der Waals surface area (Å²) in [6.07, 6.45) is 4.64. The van der Waals surface area contributed by atoms with Gasteiger partial charge in [-0.2, -0.15) is 15.3 Å². The Morgan fingerprint density at radius 2 is 0.891 bits per heavy atom. The van der Waals surface area contributed by atoms with Crippen molar-refractivity contribution in [3.8, 4) is 0 Å². The molecule has 0 spiro atoms. The molecule has 3 aromatic heterocycles. The summed E-state index contributed by atoms with van der Waals surface area (Å²) < 4.78 is 95.1. The number of sulfone groups is 1. The van der Waals surface area contributed by atoms with Crippen LogP contribution in [-0.4, -0.2) is 109 Å². The number of anilines is 3. The fraction of sp³-hybridized carbons (Fsp3) is 0.323. The molecule has 354 valence electrons. The summed E-state index contributed by atoms with van der Waals surface area (Å²) in [7, 11) is -10.4. The van der Waals surface area contributed by atoms with Crippen molar-refractivity contribution in [1.82, 2.24) is 29.3 Å². The van der Waals surface area contributed by atoms with Gasteiger partial charge in [0.25, 0.3) is 17.1 Å². The van der Waals surface area contributed by atoms with Crippen LogP contribution in [0.25, 0.3) is 32.7 Å². The van der Waals surface area contributed by atoms with Crippen molar-refractivity contribution in [3.05, 3.63) is 81.8 Å². The third kappa shape index (κ3) is 13.2. The molecule has 0 unspecified atom stereocenters. The number of nitrogens with two attached hydrogens (primary N) is 1. The molecule has 0 aliphatic carbocycles. The largest absolute Gasteiger partial charge is 0.382 e. The molecule has 0 aliphatic rings. The molecule has 6 aromatic rings. The zero-order valence-electron chi connectivity index (χ0n) is 33.0. The van der Waals surface area contributed by atoms with Crippen molar-refractivity contribution in [3.63, 3.8) is 0 Å². The number of nitro benzene ring substituents is 3. The Balaban J connectivity index is 0.000000456. The van der Waals surface area contributed by atoms with Crippen molar-refractivity contribution in [1.29, 1.82) is 0 Å². The number of aromatic nitrogens is 6. The Morgan fingerprint density at radius 1 is 0.578 bits per heavy atom. The average Bonchev–Trinajstić information content (AvgIpc) is 3.69. The van der Waals surface area contributed by atoms with Crippen LogP contribution in [0.1, 0.15) is 14.9 Å². The number of fused-ring (bicyclic) bond motifs is 3. The van der Waals surface area contributed by atoms with E-state index < -0.39 is 60.5 Å². The molecular formula is C31H41Cl3N12O14S4. The van der Waals surface area contributed by atoms with Crippen LogP contribution < -0.4 is 14.2 Å². The van der Waals surface area contributed by atoms with Gasteiger partial charge in [0.2, 0.25) is 30.1 Å². The zero-order chi connectivity index (χ0) is 47.8. The van der Waals surface area contributed by atoms with Gasteiger partial charge in [0.1, 0.15) is 26.4 Å². The third-order valence-corrected chi connectivity index (χ3v) is 12.1. The van der Waals surface area contributed by atoms with Crippen LogP contribution in [0.2, 0.25) is 15.1 Å². The number of nitrogens with zero attached hydrogens (tertiary/aromatic N) is 10. The van der Waals surface area contributed by atoms with Gasteiger partial charge >= 0.3 is 0 Å². The Labute approximate surface area is 381 Å². The normalized spacial score (nSPS) is 11.4. The van der Waals surface area contributed by atoms with E-state index in [1.165, 1.54) is 53.8 Å². The van der Waals surface area contributed by atoms with E-state index in [1.807, 2.05) is 0 Å². The maximum absolute atomic E-state index is 11.9. The third-order valence-electron chi connectivity index (χ3n) is 7.40. The lowest BCUT2D eigenvalue weighted by Crippen LogP contribution is -2.35. The van der Waals surface area contributed by atoms with Crippen molar-refractivity contribution >= 4 is 142 Å². The molecule has 0 bridgehead atoms. The highest BCUT2D eigenvalue weighted by atomic mass is 35.5. The highest BCUT2D eigenvalue weighted by molar-refractivity contribution is 8.09. The second-order valence-electron chi connectivity index (χ2n) is 12.8. The van der Waals surface area contributed by atoms with E-state index in [0.717, 1.165) is 29.5 Å². The van der Waals surface area contributed by atoms with Gasteiger partial charge in [0.15, 0.2) is 17.5 Å². The number of nitro groups is 3. The average molecular weight is 1040 g/mol. The van der Waals surface area contributed by atoms with E-state index in [-0.39, 0.29) is 79.1 Å². The van der Waals surface area contributed by atoms with Crippen molar-refractivity contribution in [2.24, 2.45) is 21.1 Å². The van der Waals surface area contributed by atoms with Crippen LogP contribution in [0.5, 0.6) is 0 Å². The summed E-state index contributed by atoms with van der Waals surface area (Å²) in [5.74, 6) is -0.351. The Kier molecular flexibility index (Phi) is 18.0. The van der Waals surface area contributed by atoms with Crippen LogP contribution in [0.3, 0.4) is 0 Å². The Morgan fingerprint density at radius 3 is 1.25 bits per heavy atom. The first-order valence-corrected chi connectivity index (χ1v) is 25.1. The van der Waals surface area contributed by atoms with Gasteiger partial charge in [0.05, 0.1) is 64.8 Å². The van der Waals surface area contributed by atoms with Crippen molar-refractivity contribution in [2.75, 3.05) is 45.4 Å². The fourth-order valence-electron chi connectivity index (χ4n) is 5.46. The summed E-state index contributed by atoms with van der Waals surface area (Å²) in [4.78, 5) is 31.1. The van der Waals surface area contributed by atoms with Gasteiger partial charge in [-0.1, -0.05) is 49.7 Å². The molecular weight excluding hydrogens is 999 g/mol. The van der Waals surface area contributed by atoms with Gasteiger partial charge in [0, 0.05) is 51.9 Å². The topological polar surface area (TPSA) is 361 Å². The number of hydrogen-bond acceptors (Lipinski definition) is 18. The lowest BCUT2D eigenvalue weighted by molar-refractivity contribution is -0.383. The summed E-state index contributed by atoms with van der Waals surface area (Å²) in [5.41, 5.74) is 5.38. The molecule has 3 aromatic carbocycles. The number of non-ortho nitro benzene ring substituents is 3. The van der Waals surface area contributed by atoms with Crippen LogP contribution >= 0.6 is 34.8 Å². The van der Waals surface area contributed by atoms with Gasteiger partial charge in [-0.25, -0.2) is 33.7 Å². The molecule has 0 fully saturated rings. The van der Waals surface area contributed by atoms with Gasteiger partial charge < -0.3 is 5.73 Å². The summed E-state index contributed by atoms with van der Waals surface area (Å²) in [6.45, 7) is 0. The smallest absolute Gasteiger partial charge is 0.295 e. The van der Waals surface area contributed by atoms with Gasteiger partial charge in [-0.15, -0.1) is 3.71 Å². The van der Waals surface area contributed by atoms with Crippen molar-refractivity contribution in [2.45, 2.75) is 14.9 Å². The first-order chi connectivity index (χ1) is 28.1. The molecule has 0 radical (unpaired) electrons. The number of benzene rings is 3. The molecule has 3 heterocycles. The quantitative estimate of drug-likeness (QED) is 0.149. The van der Waals surface area contributed by atoms with Gasteiger partial charge in [-0.05, 0) is 18.2 Å². The molecule has 0 aliphatic heterocycles. The van der Waals surface area contributed by atoms with E-state index >= 15 is 0 Å². The molecule has 64 heavy (non-hydrogen) atoms. The minimum atomic E-state index is -4.26. The monoisotopic (exact) mass is 1040 g/mol. The molecule has 0 saturated heterocycles. The lowest BCUT2D eigenvalue weighted by Gasteiger charge is -2.17. The number of hydrogen-bond donors (Lipinski definition) is 2. The molecule has 6 rings (SSSR count). The van der Waals surface area contributed by atoms with E-state index in [4.69, 9.17) is 40.5 Å². The second kappa shape index (κ2) is 20.5. The Bertz CT molecular complexity index is 3230. The molecule has 26 nitrogen and oxygen atoms in total. The van der Waals surface area contributed by atoms with E-state index in [1.54, 1.807) is 7.05 Å². The maximum Gasteiger partial charge on any atom is 0.295 e. The number of halogens is 3. The summed E-state index contributed by atoms with van der Waals surface area (Å²) >= 11 is 17.9. The van der Waals surface area contributed by atoms with Crippen LogP contribution in [0.4, 0.5) is 34.5 Å². The highest BCUT2D eigenvalue weighted by Crippen LogP contribution is 2.39. The minimum absolute atomic E-state index is 0. The van der Waals surface area contributed by atoms with E-state index in [0.29, 0.717) is 28.4 Å². The number of rotatable bonds is 8. The van der Waals surface area contributed by atoms with Crippen LogP contribution in [0, 0.1) is 30.3 Å². The van der Waals surface area contributed by atoms with Crippen LogP contribution in [-0.2, 0) is 61.1 Å². The van der Waals surface area contributed by atoms with E-state index in [2.05, 4.69) is 20.0 Å². The highest BCUT2D eigenvalue weighted by Gasteiger charge is 2.34. The SMILES string of the molecule is C.C.CS(C)(=O)=O.Cn1nc(N(S(C)(=O)=O)S(C)(=O)=O)c2c(Cl)ccc([N+](=O)[O-])c21.Cn1nc(N)c2c(Cl)ccc([N+](=O)[O-])c21.Cn1nc(NS(C)(=O)=O)c2c(Cl)ccc([N+](=O)[O-])c21. The molecule has 33 heteroatoms. The Hall–Kier alpha value is -5.66. The standard InChI is InChI=1S/C10H11ClN4O6S2.C9H9ClN4O4S.C8H7ClN4O2.C2H6O2S.2CH4/c1-13-9-7(14(16)17)5-4-6(11)8(9)10(12-13)15(22(2,18)19)23(3,20)21;1-13-8-6(14(15)16)4-3-5(10)7(8)9(11-13)12-19(2,17)18;1-12-7-5(13(14)15)3-2-4(9)6(7)8(10)11-12;1-5(2,3)4;;/h4-5H,1-3H3;3-4H,1-2H3,(H,11,12);2-3H,1H3,(H2,10,11);1-2H3;2*1H4. The molecule has 0 atom stereocenters. The summed E-state index contributed by atoms with van der Waals surface area (Å²) in [5, 5.41) is 45.4. The molecule has 0 amide bonds. The molecule has 0 saturated carbocycles. The number of nitrogens with one attached hydrogen (secondary N) is 1. The first kappa shape index (κ1) is 56.4. The predicted octanol–water partition coefficient (Wildman–Crippen LogP) is 5.02. The maximum atomic E-state index is 11.9. The van der Waals surface area contributed by atoms with Gasteiger partial charge in [-0.3, -0.25) is 49.1 Å². The number of aryl methyl sites for hydroxylation is 3. The predicted molar refractivity (Wildman–Crippen MR) is 246 cm³/mol. The van der Waals surface area contributed by atoms with Crippen LogP contribution in [0.15, 0.2) is 36.4 Å². The number of nitrogen functional groups attached to an aromatic ring is 1. The fourth-order valence-corrected chi connectivity index (χ4v) is 9.54. The van der Waals surface area contributed by atoms with Crippen molar-refractivity contribution < 1.29 is 48.4 Å².